The van der Waals surface area contributed by atoms with Crippen molar-refractivity contribution in [1.29, 1.82) is 0 Å². The van der Waals surface area contributed by atoms with Crippen LogP contribution in [0.4, 0.5) is 0 Å². The molecule has 1 heterocycles. The maximum absolute atomic E-state index is 11.1. The van der Waals surface area contributed by atoms with Gasteiger partial charge in [0.25, 0.3) is 0 Å². The number of aromatic carboxylic acids is 1. The molecule has 0 amide bonds. The maximum atomic E-state index is 11.1. The predicted octanol–water partition coefficient (Wildman–Crippen LogP) is 3.69. The van der Waals surface area contributed by atoms with Gasteiger partial charge in [-0.3, -0.25) is 0 Å². The minimum atomic E-state index is -0.927. The quantitative estimate of drug-likeness (QED) is 0.935. The van der Waals surface area contributed by atoms with Gasteiger partial charge >= 0.3 is 5.97 Å². The molecular formula is C13H14N2O2S2. The molecule has 0 saturated carbocycles. The van der Waals surface area contributed by atoms with Crippen LogP contribution in [0.25, 0.3) is 0 Å². The molecule has 4 nitrogen and oxygen atoms in total. The molecular weight excluding hydrogens is 280 g/mol. The minimum Gasteiger partial charge on any atom is -0.478 e. The van der Waals surface area contributed by atoms with E-state index in [1.165, 1.54) is 23.3 Å². The average Bonchev–Trinajstić information content (AvgIpc) is 2.77. The van der Waals surface area contributed by atoms with Gasteiger partial charge in [-0.15, -0.1) is 0 Å². The van der Waals surface area contributed by atoms with Gasteiger partial charge in [-0.05, 0) is 23.7 Å². The maximum Gasteiger partial charge on any atom is 0.336 e. The summed E-state index contributed by atoms with van der Waals surface area (Å²) in [7, 11) is 0. The van der Waals surface area contributed by atoms with Crippen molar-refractivity contribution < 1.29 is 9.90 Å². The predicted molar refractivity (Wildman–Crippen MR) is 76.1 cm³/mol. The lowest BCUT2D eigenvalue weighted by Gasteiger charge is -2.12. The lowest BCUT2D eigenvalue weighted by Crippen LogP contribution is -2.12. The van der Waals surface area contributed by atoms with Gasteiger partial charge in [-0.25, -0.2) is 9.78 Å². The van der Waals surface area contributed by atoms with Crippen LogP contribution in [-0.4, -0.2) is 20.4 Å². The molecule has 2 aromatic rings. The molecule has 1 aromatic carbocycles. The molecule has 0 aliphatic carbocycles. The number of hydrogen-bond donors (Lipinski definition) is 1. The second-order valence-electron chi connectivity index (χ2n) is 5.04. The van der Waals surface area contributed by atoms with E-state index in [0.717, 1.165) is 10.2 Å². The molecule has 100 valence electrons. The molecule has 2 rings (SSSR count). The van der Waals surface area contributed by atoms with E-state index >= 15 is 0 Å². The first-order valence-electron chi connectivity index (χ1n) is 5.72. The van der Waals surface area contributed by atoms with Gasteiger partial charge in [-0.1, -0.05) is 44.7 Å². The molecule has 0 aliphatic rings. The fraction of sp³-hybridized carbons (Fsp3) is 0.308. The highest BCUT2D eigenvalue weighted by Crippen LogP contribution is 2.33. The zero-order valence-electron chi connectivity index (χ0n) is 10.9. The fourth-order valence-corrected chi connectivity index (χ4v) is 3.25. The fourth-order valence-electron chi connectivity index (χ4n) is 1.38. The number of rotatable bonds is 3. The Morgan fingerprint density at radius 1 is 1.32 bits per heavy atom. The van der Waals surface area contributed by atoms with Crippen molar-refractivity contribution in [1.82, 2.24) is 9.36 Å². The van der Waals surface area contributed by atoms with Crippen LogP contribution in [0.5, 0.6) is 0 Å². The van der Waals surface area contributed by atoms with E-state index in [1.807, 2.05) is 6.07 Å². The van der Waals surface area contributed by atoms with Crippen molar-refractivity contribution in [2.45, 2.75) is 35.4 Å². The molecule has 0 saturated heterocycles. The zero-order chi connectivity index (χ0) is 14.0. The summed E-state index contributed by atoms with van der Waals surface area (Å²) in [6.07, 6.45) is 0. The van der Waals surface area contributed by atoms with Gasteiger partial charge in [0.2, 0.25) is 0 Å². The summed E-state index contributed by atoms with van der Waals surface area (Å²) >= 11 is 2.64. The summed E-state index contributed by atoms with van der Waals surface area (Å²) in [4.78, 5) is 16.3. The topological polar surface area (TPSA) is 63.1 Å². The monoisotopic (exact) mass is 294 g/mol. The minimum absolute atomic E-state index is 0.0956. The van der Waals surface area contributed by atoms with E-state index < -0.39 is 5.97 Å². The van der Waals surface area contributed by atoms with Crippen LogP contribution >= 0.6 is 23.3 Å². The Labute approximate surface area is 120 Å². The molecule has 0 bridgehead atoms. The third-order valence-corrected chi connectivity index (χ3v) is 4.22. The second-order valence-corrected chi connectivity index (χ2v) is 7.08. The molecule has 0 radical (unpaired) electrons. The second kappa shape index (κ2) is 5.30. The van der Waals surface area contributed by atoms with Gasteiger partial charge in [0, 0.05) is 10.3 Å². The highest BCUT2D eigenvalue weighted by molar-refractivity contribution is 8.01. The van der Waals surface area contributed by atoms with Gasteiger partial charge < -0.3 is 5.11 Å². The average molecular weight is 294 g/mol. The highest BCUT2D eigenvalue weighted by Gasteiger charge is 2.20. The van der Waals surface area contributed by atoms with Gasteiger partial charge in [0.05, 0.1) is 5.56 Å². The SMILES string of the molecule is CC(C)(C)c1nsc(Sc2ccccc2C(=O)O)n1. The number of nitrogens with zero attached hydrogens (tertiary/aromatic N) is 2. The van der Waals surface area contributed by atoms with E-state index in [0.29, 0.717) is 10.5 Å². The summed E-state index contributed by atoms with van der Waals surface area (Å²) in [6, 6.07) is 6.91. The lowest BCUT2D eigenvalue weighted by atomic mass is 9.96. The molecule has 6 heteroatoms. The molecule has 0 aliphatic heterocycles. The number of benzene rings is 1. The summed E-state index contributed by atoms with van der Waals surface area (Å²) in [6.45, 7) is 6.15. The normalized spacial score (nSPS) is 11.5. The van der Waals surface area contributed by atoms with Gasteiger partial charge in [-0.2, -0.15) is 4.37 Å². The third-order valence-electron chi connectivity index (χ3n) is 2.39. The first kappa shape index (κ1) is 14.0. The summed E-state index contributed by atoms with van der Waals surface area (Å²) in [5, 5.41) is 9.13. The van der Waals surface area contributed by atoms with Crippen molar-refractivity contribution in [3.8, 4) is 0 Å². The Morgan fingerprint density at radius 3 is 2.58 bits per heavy atom. The molecule has 0 spiro atoms. The van der Waals surface area contributed by atoms with Crippen molar-refractivity contribution >= 4 is 29.3 Å². The zero-order valence-corrected chi connectivity index (χ0v) is 12.5. The largest absolute Gasteiger partial charge is 0.478 e. The van der Waals surface area contributed by atoms with Crippen LogP contribution in [0, 0.1) is 0 Å². The lowest BCUT2D eigenvalue weighted by molar-refractivity contribution is 0.0693. The van der Waals surface area contributed by atoms with Gasteiger partial charge in [0.15, 0.2) is 4.34 Å². The van der Waals surface area contributed by atoms with E-state index in [1.54, 1.807) is 18.2 Å². The first-order chi connectivity index (χ1) is 8.88. The van der Waals surface area contributed by atoms with Crippen LogP contribution in [-0.2, 0) is 5.41 Å². The first-order valence-corrected chi connectivity index (χ1v) is 7.31. The third kappa shape index (κ3) is 3.33. The summed E-state index contributed by atoms with van der Waals surface area (Å²) in [5.41, 5.74) is 0.196. The summed E-state index contributed by atoms with van der Waals surface area (Å²) in [5.74, 6) is -0.142. The number of hydrogen-bond acceptors (Lipinski definition) is 5. The highest BCUT2D eigenvalue weighted by atomic mass is 32.2. The van der Waals surface area contributed by atoms with Crippen molar-refractivity contribution in [2.75, 3.05) is 0 Å². The molecule has 19 heavy (non-hydrogen) atoms. The van der Waals surface area contributed by atoms with E-state index in [9.17, 15) is 4.79 Å². The van der Waals surface area contributed by atoms with Crippen LogP contribution in [0.2, 0.25) is 0 Å². The van der Waals surface area contributed by atoms with E-state index in [4.69, 9.17) is 5.11 Å². The smallest absolute Gasteiger partial charge is 0.336 e. The van der Waals surface area contributed by atoms with Crippen LogP contribution in [0.3, 0.4) is 0 Å². The standard InChI is InChI=1S/C13H14N2O2S2/c1-13(2,3)11-14-12(19-15-11)18-9-7-5-4-6-8(9)10(16)17/h4-7H,1-3H3,(H,16,17). The Balaban J connectivity index is 2.27. The van der Waals surface area contributed by atoms with Crippen molar-refractivity contribution in [3.63, 3.8) is 0 Å². The van der Waals surface area contributed by atoms with Crippen molar-refractivity contribution in [3.05, 3.63) is 35.7 Å². The Kier molecular flexibility index (Phi) is 3.91. The molecule has 1 aromatic heterocycles. The van der Waals surface area contributed by atoms with Crippen LogP contribution in [0.1, 0.15) is 37.0 Å². The number of carbonyl (C=O) groups is 1. The van der Waals surface area contributed by atoms with Crippen molar-refractivity contribution in [2.24, 2.45) is 0 Å². The Hall–Kier alpha value is -1.40. The Morgan fingerprint density at radius 2 is 2.00 bits per heavy atom. The number of carboxylic acid groups (broad SMARTS) is 1. The van der Waals surface area contributed by atoms with E-state index in [-0.39, 0.29) is 5.41 Å². The van der Waals surface area contributed by atoms with Crippen LogP contribution < -0.4 is 0 Å². The molecule has 0 atom stereocenters. The number of carboxylic acids is 1. The molecule has 0 unspecified atom stereocenters. The molecule has 0 fully saturated rings. The van der Waals surface area contributed by atoms with E-state index in [2.05, 4.69) is 30.1 Å². The number of aromatic nitrogens is 2. The summed E-state index contributed by atoms with van der Waals surface area (Å²) < 4.78 is 5.08. The van der Waals surface area contributed by atoms with Gasteiger partial charge in [0.1, 0.15) is 5.82 Å². The Bertz CT molecular complexity index is 603. The molecule has 1 N–H and O–H groups in total. The van der Waals surface area contributed by atoms with Crippen LogP contribution in [0.15, 0.2) is 33.5 Å².